The molecule has 1 aromatic carbocycles. The van der Waals surface area contributed by atoms with Crippen molar-refractivity contribution >= 4 is 15.9 Å². The van der Waals surface area contributed by atoms with E-state index in [2.05, 4.69) is 0 Å². The number of likely N-dealkylation sites (N-methyl/N-ethyl adjacent to an activating group) is 1. The highest BCUT2D eigenvalue weighted by Gasteiger charge is 2.23. The molecule has 104 valence electrons. The highest BCUT2D eigenvalue weighted by molar-refractivity contribution is 7.89. The van der Waals surface area contributed by atoms with Crippen LogP contribution in [0.25, 0.3) is 0 Å². The van der Waals surface area contributed by atoms with Gasteiger partial charge in [-0.1, -0.05) is 0 Å². The molecule has 1 aromatic rings. The van der Waals surface area contributed by atoms with Gasteiger partial charge >= 0.3 is 0 Å². The Kier molecular flexibility index (Phi) is 3.63. The minimum absolute atomic E-state index is 0.0838. The van der Waals surface area contributed by atoms with Crippen LogP contribution in [-0.4, -0.2) is 45.4 Å². The Labute approximate surface area is 111 Å². The zero-order valence-corrected chi connectivity index (χ0v) is 11.2. The lowest BCUT2D eigenvalue weighted by Crippen LogP contribution is -2.35. The van der Waals surface area contributed by atoms with E-state index in [1.165, 1.54) is 19.2 Å². The van der Waals surface area contributed by atoms with E-state index in [-0.39, 0.29) is 17.3 Å². The molecule has 0 unspecified atom stereocenters. The third-order valence-corrected chi connectivity index (χ3v) is 4.41. The number of rotatable bonds is 4. The van der Waals surface area contributed by atoms with Crippen LogP contribution in [0.4, 0.5) is 0 Å². The molecule has 0 radical (unpaired) electrons. The molecule has 0 amide bonds. The van der Waals surface area contributed by atoms with Gasteiger partial charge < -0.3 is 15.2 Å². The van der Waals surface area contributed by atoms with E-state index >= 15 is 0 Å². The third kappa shape index (κ3) is 2.79. The highest BCUT2D eigenvalue weighted by atomic mass is 32.2. The normalized spacial score (nSPS) is 14.4. The minimum atomic E-state index is -3.69. The topological polar surface area (TPSA) is 106 Å². The van der Waals surface area contributed by atoms with Crippen molar-refractivity contribution in [1.29, 1.82) is 5.41 Å². The molecule has 7 nitrogen and oxygen atoms in total. The van der Waals surface area contributed by atoms with Crippen molar-refractivity contribution < 1.29 is 17.9 Å². The average Bonchev–Trinajstić information content (AvgIpc) is 2.37. The first-order valence-corrected chi connectivity index (χ1v) is 7.04. The van der Waals surface area contributed by atoms with Crippen LogP contribution in [0.3, 0.4) is 0 Å². The fourth-order valence-corrected chi connectivity index (χ4v) is 2.85. The van der Waals surface area contributed by atoms with Crippen LogP contribution in [0.1, 0.15) is 0 Å². The van der Waals surface area contributed by atoms with Gasteiger partial charge in [0.15, 0.2) is 11.5 Å². The van der Waals surface area contributed by atoms with E-state index in [1.807, 2.05) is 0 Å². The van der Waals surface area contributed by atoms with Gasteiger partial charge in [-0.25, -0.2) is 8.42 Å². The highest BCUT2D eigenvalue weighted by Crippen LogP contribution is 2.32. The number of sulfonamides is 1. The Bertz CT molecular complexity index is 600. The monoisotopic (exact) mass is 285 g/mol. The van der Waals surface area contributed by atoms with E-state index in [4.69, 9.17) is 20.6 Å². The molecule has 8 heteroatoms. The van der Waals surface area contributed by atoms with E-state index in [9.17, 15) is 8.42 Å². The van der Waals surface area contributed by atoms with Crippen molar-refractivity contribution in [3.05, 3.63) is 18.2 Å². The maximum absolute atomic E-state index is 12.2. The van der Waals surface area contributed by atoms with Crippen LogP contribution in [0.2, 0.25) is 0 Å². The maximum Gasteiger partial charge on any atom is 0.243 e. The van der Waals surface area contributed by atoms with E-state index in [0.29, 0.717) is 24.7 Å². The molecule has 0 bridgehead atoms. The summed E-state index contributed by atoms with van der Waals surface area (Å²) in [4.78, 5) is 0.0838. The molecule has 3 N–H and O–H groups in total. The molecule has 1 aliphatic rings. The molecule has 2 rings (SSSR count). The summed E-state index contributed by atoms with van der Waals surface area (Å²) >= 11 is 0. The lowest BCUT2D eigenvalue weighted by Gasteiger charge is -2.20. The number of ether oxygens (including phenoxy) is 2. The van der Waals surface area contributed by atoms with Gasteiger partial charge in [0, 0.05) is 13.1 Å². The summed E-state index contributed by atoms with van der Waals surface area (Å²) in [6.45, 7) is 0.680. The molecule has 0 spiro atoms. The first kappa shape index (κ1) is 13.6. The molecule has 0 fully saturated rings. The number of hydrogen-bond donors (Lipinski definition) is 2. The van der Waals surface area contributed by atoms with Crippen molar-refractivity contribution in [1.82, 2.24) is 4.31 Å². The lowest BCUT2D eigenvalue weighted by molar-refractivity contribution is 0.171. The van der Waals surface area contributed by atoms with Crippen LogP contribution < -0.4 is 15.2 Å². The number of nitrogens with two attached hydrogens (primary N) is 1. The molecule has 0 saturated heterocycles. The molecule has 19 heavy (non-hydrogen) atoms. The van der Waals surface area contributed by atoms with Gasteiger partial charge in [0.05, 0.1) is 11.4 Å². The Balaban J connectivity index is 2.33. The van der Waals surface area contributed by atoms with Crippen molar-refractivity contribution in [2.75, 3.05) is 26.8 Å². The first-order chi connectivity index (χ1) is 8.91. The third-order valence-electron chi connectivity index (χ3n) is 2.61. The second kappa shape index (κ2) is 5.06. The van der Waals surface area contributed by atoms with Gasteiger partial charge in [0.1, 0.15) is 19.0 Å². The van der Waals surface area contributed by atoms with Gasteiger partial charge in [-0.15, -0.1) is 0 Å². The van der Waals surface area contributed by atoms with Gasteiger partial charge in [0.25, 0.3) is 0 Å². The minimum Gasteiger partial charge on any atom is -0.486 e. The molecule has 1 heterocycles. The number of nitrogens with zero attached hydrogens (tertiary/aromatic N) is 1. The predicted molar refractivity (Wildman–Crippen MR) is 69.2 cm³/mol. The molecule has 0 saturated carbocycles. The molecule has 0 aromatic heterocycles. The molecule has 1 aliphatic heterocycles. The van der Waals surface area contributed by atoms with Crippen LogP contribution in [0, 0.1) is 5.41 Å². The quantitative estimate of drug-likeness (QED) is 0.599. The molecule has 0 aliphatic carbocycles. The van der Waals surface area contributed by atoms with Gasteiger partial charge in [0.2, 0.25) is 10.0 Å². The summed E-state index contributed by atoms with van der Waals surface area (Å²) in [6.07, 6.45) is 0. The summed E-state index contributed by atoms with van der Waals surface area (Å²) in [5, 5.41) is 7.15. The fourth-order valence-electron chi connectivity index (χ4n) is 1.69. The fraction of sp³-hybridized carbons (Fsp3) is 0.364. The second-order valence-electron chi connectivity index (χ2n) is 4.09. The largest absolute Gasteiger partial charge is 0.486 e. The van der Waals surface area contributed by atoms with Crippen LogP contribution in [-0.2, 0) is 10.0 Å². The SMILES string of the molecule is CN(CC(=N)N)S(=O)(=O)c1ccc2c(c1)OCCO2. The summed E-state index contributed by atoms with van der Waals surface area (Å²) in [6, 6.07) is 4.42. The Hall–Kier alpha value is -1.80. The van der Waals surface area contributed by atoms with Crippen LogP contribution in [0.5, 0.6) is 11.5 Å². The zero-order valence-electron chi connectivity index (χ0n) is 10.4. The van der Waals surface area contributed by atoms with Crippen molar-refractivity contribution in [3.8, 4) is 11.5 Å². The Morgan fingerprint density at radius 1 is 1.37 bits per heavy atom. The van der Waals surface area contributed by atoms with Gasteiger partial charge in [-0.05, 0) is 12.1 Å². The standard InChI is InChI=1S/C11H15N3O4S/c1-14(7-11(12)13)19(15,16)8-2-3-9-10(6-8)18-5-4-17-9/h2-3,6H,4-5,7H2,1H3,(H3,12,13). The number of fused-ring (bicyclic) bond motifs is 1. The zero-order chi connectivity index (χ0) is 14.0. The number of nitrogens with one attached hydrogen (secondary N) is 1. The number of amidine groups is 1. The number of benzene rings is 1. The molecular weight excluding hydrogens is 270 g/mol. The van der Waals surface area contributed by atoms with E-state index < -0.39 is 10.0 Å². The maximum atomic E-state index is 12.2. The van der Waals surface area contributed by atoms with Crippen molar-refractivity contribution in [2.45, 2.75) is 4.90 Å². The van der Waals surface area contributed by atoms with E-state index in [0.717, 1.165) is 4.31 Å². The second-order valence-corrected chi connectivity index (χ2v) is 6.14. The van der Waals surface area contributed by atoms with E-state index in [1.54, 1.807) is 6.07 Å². The van der Waals surface area contributed by atoms with Crippen LogP contribution >= 0.6 is 0 Å². The van der Waals surface area contributed by atoms with Gasteiger partial charge in [-0.2, -0.15) is 4.31 Å². The Morgan fingerprint density at radius 2 is 2.00 bits per heavy atom. The van der Waals surface area contributed by atoms with Gasteiger partial charge in [-0.3, -0.25) is 5.41 Å². The smallest absolute Gasteiger partial charge is 0.243 e. The summed E-state index contributed by atoms with van der Waals surface area (Å²) in [5.41, 5.74) is 5.21. The predicted octanol–water partition coefficient (Wildman–Crippen LogP) is 0.0143. The Morgan fingerprint density at radius 3 is 2.63 bits per heavy atom. The molecular formula is C11H15N3O4S. The summed E-state index contributed by atoms with van der Waals surface area (Å²) in [5.74, 6) is 0.714. The lowest BCUT2D eigenvalue weighted by atomic mass is 10.3. The molecule has 0 atom stereocenters. The summed E-state index contributed by atoms with van der Waals surface area (Å²) in [7, 11) is -2.32. The summed E-state index contributed by atoms with van der Waals surface area (Å²) < 4.78 is 36.1. The van der Waals surface area contributed by atoms with Crippen LogP contribution in [0.15, 0.2) is 23.1 Å². The average molecular weight is 285 g/mol. The van der Waals surface area contributed by atoms with Crippen molar-refractivity contribution in [3.63, 3.8) is 0 Å². The van der Waals surface area contributed by atoms with Crippen molar-refractivity contribution in [2.24, 2.45) is 5.73 Å². The number of hydrogen-bond acceptors (Lipinski definition) is 5. The first-order valence-electron chi connectivity index (χ1n) is 5.60.